The molecule has 182 valence electrons. The molecular weight excluding hydrogens is 513 g/mol. The van der Waals surface area contributed by atoms with Gasteiger partial charge in [0.05, 0.1) is 36.9 Å². The van der Waals surface area contributed by atoms with Gasteiger partial charge in [0.2, 0.25) is 0 Å². The number of benzene rings is 2. The SMILES string of the molecule is O=C(Cc1c(F)cccc1F)c1cc2c(s1)-c1sccc1N(C(=O)c1ccc([N+](=O)[O-])cc1F)CC2. The third-order valence-corrected chi connectivity index (χ3v) is 8.15. The molecule has 5 rings (SSSR count). The van der Waals surface area contributed by atoms with Crippen LogP contribution in [0, 0.1) is 27.6 Å². The molecule has 0 bridgehead atoms. The molecule has 4 aromatic rings. The number of thiophene rings is 2. The van der Waals surface area contributed by atoms with Crippen LogP contribution >= 0.6 is 22.7 Å². The highest BCUT2D eigenvalue weighted by molar-refractivity contribution is 7.23. The molecular formula is C25H15F3N2O4S2. The molecule has 0 unspecified atom stereocenters. The first kappa shape index (κ1) is 23.9. The summed E-state index contributed by atoms with van der Waals surface area (Å²) in [5, 5.41) is 12.7. The number of carbonyl (C=O) groups excluding carboxylic acids is 2. The third kappa shape index (κ3) is 4.20. The highest BCUT2D eigenvalue weighted by Crippen LogP contribution is 2.45. The molecule has 1 amide bonds. The molecule has 0 radical (unpaired) electrons. The van der Waals surface area contributed by atoms with E-state index < -0.39 is 46.2 Å². The Morgan fingerprint density at radius 3 is 2.44 bits per heavy atom. The van der Waals surface area contributed by atoms with E-state index in [-0.39, 0.29) is 17.7 Å². The van der Waals surface area contributed by atoms with Gasteiger partial charge in [-0.05, 0) is 47.7 Å². The predicted octanol–water partition coefficient (Wildman–Crippen LogP) is 6.43. The van der Waals surface area contributed by atoms with Crippen LogP contribution in [0.25, 0.3) is 9.75 Å². The molecule has 0 spiro atoms. The van der Waals surface area contributed by atoms with E-state index in [0.29, 0.717) is 27.9 Å². The Morgan fingerprint density at radius 1 is 1.00 bits per heavy atom. The first-order valence-corrected chi connectivity index (χ1v) is 12.4. The largest absolute Gasteiger partial charge is 0.306 e. The minimum atomic E-state index is -0.988. The quantitative estimate of drug-likeness (QED) is 0.170. The van der Waals surface area contributed by atoms with Crippen LogP contribution in [0.1, 0.15) is 31.2 Å². The Morgan fingerprint density at radius 2 is 1.75 bits per heavy atom. The summed E-state index contributed by atoms with van der Waals surface area (Å²) in [7, 11) is 0. The van der Waals surface area contributed by atoms with Crippen LogP contribution in [0.4, 0.5) is 24.5 Å². The average Bonchev–Trinajstić information content (AvgIpc) is 3.46. The van der Waals surface area contributed by atoms with Crippen molar-refractivity contribution in [3.8, 4) is 9.75 Å². The minimum absolute atomic E-state index is 0.179. The minimum Gasteiger partial charge on any atom is -0.306 e. The number of anilines is 1. The summed E-state index contributed by atoms with van der Waals surface area (Å²) in [6, 6.07) is 9.72. The lowest BCUT2D eigenvalue weighted by atomic mass is 10.1. The molecule has 2 aromatic heterocycles. The number of hydrogen-bond donors (Lipinski definition) is 0. The van der Waals surface area contributed by atoms with Crippen molar-refractivity contribution < 1.29 is 27.7 Å². The number of fused-ring (bicyclic) bond motifs is 3. The Balaban J connectivity index is 1.45. The summed E-state index contributed by atoms with van der Waals surface area (Å²) in [5.41, 5.74) is 0.296. The monoisotopic (exact) mass is 528 g/mol. The van der Waals surface area contributed by atoms with Gasteiger partial charge >= 0.3 is 0 Å². The Labute approximate surface area is 210 Å². The standard InChI is InChI=1S/C25H15F3N2O4S2/c26-17-2-1-3-18(27)16(17)12-21(31)22-10-13-6-8-29(20-7-9-35-24(20)23(13)36-22)25(32)15-5-4-14(30(33)34)11-19(15)28/h1-5,7,9-11H,6,8,12H2. The number of halogens is 3. The topological polar surface area (TPSA) is 80.5 Å². The molecule has 11 heteroatoms. The van der Waals surface area contributed by atoms with Crippen molar-refractivity contribution in [3.05, 3.63) is 103 Å². The number of non-ortho nitro benzene ring substituents is 1. The molecule has 1 aliphatic heterocycles. The van der Waals surface area contributed by atoms with Crippen molar-refractivity contribution in [1.29, 1.82) is 0 Å². The number of nitro benzene ring substituents is 1. The summed E-state index contributed by atoms with van der Waals surface area (Å²) < 4.78 is 42.6. The molecule has 1 aliphatic rings. The molecule has 6 nitrogen and oxygen atoms in total. The van der Waals surface area contributed by atoms with E-state index in [9.17, 15) is 32.9 Å². The van der Waals surface area contributed by atoms with Gasteiger partial charge in [0.25, 0.3) is 11.6 Å². The predicted molar refractivity (Wildman–Crippen MR) is 130 cm³/mol. The summed E-state index contributed by atoms with van der Waals surface area (Å²) in [4.78, 5) is 39.5. The molecule has 0 saturated carbocycles. The number of ketones is 1. The van der Waals surface area contributed by atoms with Crippen LogP contribution in [-0.4, -0.2) is 23.2 Å². The van der Waals surface area contributed by atoms with E-state index in [2.05, 4.69) is 0 Å². The number of amides is 1. The van der Waals surface area contributed by atoms with E-state index in [1.807, 2.05) is 0 Å². The highest BCUT2D eigenvalue weighted by atomic mass is 32.1. The highest BCUT2D eigenvalue weighted by Gasteiger charge is 2.30. The second-order valence-corrected chi connectivity index (χ2v) is 10.00. The van der Waals surface area contributed by atoms with Gasteiger partial charge in [-0.2, -0.15) is 0 Å². The summed E-state index contributed by atoms with van der Waals surface area (Å²) in [6.07, 6.45) is -0.0614. The van der Waals surface area contributed by atoms with Crippen molar-refractivity contribution >= 4 is 45.7 Å². The van der Waals surface area contributed by atoms with Crippen molar-refractivity contribution in [3.63, 3.8) is 0 Å². The van der Waals surface area contributed by atoms with Gasteiger partial charge in [-0.1, -0.05) is 6.07 Å². The van der Waals surface area contributed by atoms with Crippen molar-refractivity contribution in [1.82, 2.24) is 0 Å². The zero-order chi connectivity index (χ0) is 25.6. The molecule has 2 aromatic carbocycles. The maximum Gasteiger partial charge on any atom is 0.272 e. The molecule has 3 heterocycles. The summed E-state index contributed by atoms with van der Waals surface area (Å²) in [5.74, 6) is -3.61. The molecule has 36 heavy (non-hydrogen) atoms. The number of nitrogens with zero attached hydrogens (tertiary/aromatic N) is 2. The van der Waals surface area contributed by atoms with Crippen LogP contribution in [0.3, 0.4) is 0 Å². The lowest BCUT2D eigenvalue weighted by Gasteiger charge is -2.21. The Kier molecular flexibility index (Phi) is 6.19. The fourth-order valence-corrected chi connectivity index (χ4v) is 6.31. The molecule has 0 fully saturated rings. The van der Waals surface area contributed by atoms with Crippen LogP contribution in [0.5, 0.6) is 0 Å². The van der Waals surface area contributed by atoms with Gasteiger partial charge in [-0.3, -0.25) is 19.7 Å². The normalized spacial score (nSPS) is 12.6. The molecule has 0 N–H and O–H groups in total. The Hall–Kier alpha value is -3.83. The van der Waals surface area contributed by atoms with Crippen LogP contribution in [0.15, 0.2) is 53.9 Å². The third-order valence-electron chi connectivity index (χ3n) is 5.87. The van der Waals surface area contributed by atoms with E-state index in [0.717, 1.165) is 34.7 Å². The van der Waals surface area contributed by atoms with Crippen molar-refractivity contribution in [2.45, 2.75) is 12.8 Å². The molecule has 0 atom stereocenters. The van der Waals surface area contributed by atoms with E-state index in [1.54, 1.807) is 17.5 Å². The first-order chi connectivity index (χ1) is 17.2. The first-order valence-electron chi connectivity index (χ1n) is 10.7. The number of nitro groups is 1. The molecule has 0 aliphatic carbocycles. The second-order valence-electron chi connectivity index (χ2n) is 8.03. The zero-order valence-corrected chi connectivity index (χ0v) is 19.9. The van der Waals surface area contributed by atoms with Crippen LogP contribution < -0.4 is 4.90 Å². The van der Waals surface area contributed by atoms with Crippen molar-refractivity contribution in [2.75, 3.05) is 11.4 Å². The number of carbonyl (C=O) groups is 2. The van der Waals surface area contributed by atoms with E-state index in [1.165, 1.54) is 33.6 Å². The van der Waals surface area contributed by atoms with Crippen LogP contribution in [0.2, 0.25) is 0 Å². The Bertz CT molecular complexity index is 1530. The smallest absolute Gasteiger partial charge is 0.272 e. The summed E-state index contributed by atoms with van der Waals surface area (Å²) >= 11 is 2.53. The summed E-state index contributed by atoms with van der Waals surface area (Å²) in [6.45, 7) is 0.179. The van der Waals surface area contributed by atoms with Gasteiger partial charge in [-0.15, -0.1) is 22.7 Å². The fraction of sp³-hybridized carbons (Fsp3) is 0.120. The maximum absolute atomic E-state index is 14.6. The van der Waals surface area contributed by atoms with Crippen LogP contribution in [-0.2, 0) is 12.8 Å². The van der Waals surface area contributed by atoms with E-state index >= 15 is 0 Å². The number of hydrogen-bond acceptors (Lipinski definition) is 6. The number of rotatable bonds is 5. The van der Waals surface area contributed by atoms with Gasteiger partial charge in [0.1, 0.15) is 17.5 Å². The van der Waals surface area contributed by atoms with E-state index in [4.69, 9.17) is 0 Å². The number of Topliss-reactive ketones (excluding diaryl/α,β-unsaturated/α-hetero) is 1. The fourth-order valence-electron chi connectivity index (χ4n) is 4.08. The van der Waals surface area contributed by atoms with Gasteiger partial charge in [0.15, 0.2) is 5.78 Å². The molecule has 0 saturated heterocycles. The average molecular weight is 529 g/mol. The lowest BCUT2D eigenvalue weighted by molar-refractivity contribution is -0.385. The van der Waals surface area contributed by atoms with Gasteiger partial charge < -0.3 is 4.90 Å². The van der Waals surface area contributed by atoms with Crippen molar-refractivity contribution in [2.24, 2.45) is 0 Å². The maximum atomic E-state index is 14.6. The zero-order valence-electron chi connectivity index (χ0n) is 18.3. The van der Waals surface area contributed by atoms with Gasteiger partial charge in [0, 0.05) is 24.6 Å². The second kappa shape index (κ2) is 9.32. The van der Waals surface area contributed by atoms with Gasteiger partial charge in [-0.25, -0.2) is 13.2 Å². The lowest BCUT2D eigenvalue weighted by Crippen LogP contribution is -2.32.